The van der Waals surface area contributed by atoms with Gasteiger partial charge in [-0.1, -0.05) is 19.1 Å². The smallest absolute Gasteiger partial charge is 0.251 e. The van der Waals surface area contributed by atoms with Crippen molar-refractivity contribution in [2.45, 2.75) is 32.7 Å². The highest BCUT2D eigenvalue weighted by atomic mass is 16.5. The average Bonchev–Trinajstić information content (AvgIpc) is 2.68. The lowest BCUT2D eigenvalue weighted by molar-refractivity contribution is 0.0940. The fraction of sp³-hybridized carbons (Fsp3) is 0.409. The molecule has 0 radical (unpaired) electrons. The summed E-state index contributed by atoms with van der Waals surface area (Å²) in [6.45, 7) is 6.60. The zero-order valence-corrected chi connectivity index (χ0v) is 15.9. The largest absolute Gasteiger partial charge is 0.497 e. The molecule has 1 saturated heterocycles. The molecular formula is C22H28N2O2. The van der Waals surface area contributed by atoms with Gasteiger partial charge in [0.2, 0.25) is 0 Å². The van der Waals surface area contributed by atoms with Gasteiger partial charge in [-0.3, -0.25) is 4.79 Å². The van der Waals surface area contributed by atoms with E-state index in [9.17, 15) is 4.79 Å². The molecule has 3 rings (SSSR count). The van der Waals surface area contributed by atoms with Gasteiger partial charge in [0, 0.05) is 24.3 Å². The van der Waals surface area contributed by atoms with Crippen LogP contribution in [0.25, 0.3) is 0 Å². The van der Waals surface area contributed by atoms with E-state index >= 15 is 0 Å². The van der Waals surface area contributed by atoms with Gasteiger partial charge in [0.15, 0.2) is 0 Å². The Morgan fingerprint density at radius 3 is 2.27 bits per heavy atom. The Kier molecular flexibility index (Phi) is 5.82. The summed E-state index contributed by atoms with van der Waals surface area (Å²) < 4.78 is 5.13. The number of rotatable bonds is 5. The maximum absolute atomic E-state index is 12.4. The molecule has 0 saturated carbocycles. The highest BCUT2D eigenvalue weighted by molar-refractivity contribution is 5.94. The van der Waals surface area contributed by atoms with Gasteiger partial charge < -0.3 is 15.0 Å². The molecule has 4 heteroatoms. The van der Waals surface area contributed by atoms with Gasteiger partial charge in [-0.25, -0.2) is 0 Å². The summed E-state index contributed by atoms with van der Waals surface area (Å²) in [5.74, 6) is 1.50. The summed E-state index contributed by atoms with van der Waals surface area (Å²) in [5, 5.41) is 3.06. The molecule has 0 bridgehead atoms. The molecule has 1 heterocycles. The third-order valence-electron chi connectivity index (χ3n) is 5.24. The van der Waals surface area contributed by atoms with Crippen LogP contribution in [0.1, 0.15) is 48.7 Å². The lowest BCUT2D eigenvalue weighted by Gasteiger charge is -2.32. The number of hydrogen-bond donors (Lipinski definition) is 1. The molecular weight excluding hydrogens is 324 g/mol. The molecule has 1 N–H and O–H groups in total. The summed E-state index contributed by atoms with van der Waals surface area (Å²) in [5.41, 5.74) is 3.02. The fourth-order valence-electron chi connectivity index (χ4n) is 3.35. The Morgan fingerprint density at radius 2 is 1.69 bits per heavy atom. The van der Waals surface area contributed by atoms with E-state index in [1.807, 2.05) is 6.92 Å². The standard InChI is InChI=1S/C22H28N2O2/c1-16-12-14-24(15-13-16)20-8-4-18(5-9-20)17(2)23-22(25)19-6-10-21(26-3)11-7-19/h4-11,16-17H,12-15H2,1-3H3,(H,23,25)/t17-/m0/s1. The lowest BCUT2D eigenvalue weighted by atomic mass is 9.98. The van der Waals surface area contributed by atoms with Gasteiger partial charge in [0.25, 0.3) is 5.91 Å². The highest BCUT2D eigenvalue weighted by Gasteiger charge is 2.17. The quantitative estimate of drug-likeness (QED) is 0.866. The molecule has 26 heavy (non-hydrogen) atoms. The number of nitrogens with zero attached hydrogens (tertiary/aromatic N) is 1. The number of nitrogens with one attached hydrogen (secondary N) is 1. The monoisotopic (exact) mass is 352 g/mol. The molecule has 1 aliphatic heterocycles. The summed E-state index contributed by atoms with van der Waals surface area (Å²) in [4.78, 5) is 14.9. The van der Waals surface area contributed by atoms with Gasteiger partial charge in [0.05, 0.1) is 13.2 Å². The first kappa shape index (κ1) is 18.3. The molecule has 1 amide bonds. The number of amides is 1. The van der Waals surface area contributed by atoms with Crippen molar-refractivity contribution in [2.75, 3.05) is 25.1 Å². The topological polar surface area (TPSA) is 41.6 Å². The van der Waals surface area contributed by atoms with Crippen LogP contribution in [0.3, 0.4) is 0 Å². The van der Waals surface area contributed by atoms with E-state index in [-0.39, 0.29) is 11.9 Å². The molecule has 1 aliphatic rings. The second kappa shape index (κ2) is 8.26. The number of hydrogen-bond acceptors (Lipinski definition) is 3. The van der Waals surface area contributed by atoms with Crippen LogP contribution in [0.2, 0.25) is 0 Å². The van der Waals surface area contributed by atoms with Gasteiger partial charge in [-0.15, -0.1) is 0 Å². The lowest BCUT2D eigenvalue weighted by Crippen LogP contribution is -2.32. The van der Waals surface area contributed by atoms with E-state index in [0.29, 0.717) is 5.56 Å². The van der Waals surface area contributed by atoms with Crippen molar-refractivity contribution in [3.63, 3.8) is 0 Å². The summed E-state index contributed by atoms with van der Waals surface area (Å²) >= 11 is 0. The molecule has 138 valence electrons. The number of carbonyl (C=O) groups is 1. The Labute approximate surface area is 156 Å². The van der Waals surface area contributed by atoms with Crippen molar-refractivity contribution >= 4 is 11.6 Å². The normalized spacial score (nSPS) is 16.2. The van der Waals surface area contributed by atoms with Crippen LogP contribution < -0.4 is 15.0 Å². The van der Waals surface area contributed by atoms with Crippen LogP contribution in [0.4, 0.5) is 5.69 Å². The third-order valence-corrected chi connectivity index (χ3v) is 5.24. The van der Waals surface area contributed by atoms with Crippen LogP contribution in [0.15, 0.2) is 48.5 Å². The van der Waals surface area contributed by atoms with Crippen molar-refractivity contribution in [3.05, 3.63) is 59.7 Å². The third kappa shape index (κ3) is 4.37. The molecule has 2 aromatic rings. The zero-order valence-electron chi connectivity index (χ0n) is 15.9. The van der Waals surface area contributed by atoms with Crippen molar-refractivity contribution in [1.82, 2.24) is 5.32 Å². The van der Waals surface area contributed by atoms with E-state index in [1.54, 1.807) is 31.4 Å². The minimum absolute atomic E-state index is 0.0416. The van der Waals surface area contributed by atoms with Crippen LogP contribution in [0.5, 0.6) is 5.75 Å². The average molecular weight is 352 g/mol. The Morgan fingerprint density at radius 1 is 1.08 bits per heavy atom. The number of methoxy groups -OCH3 is 1. The molecule has 1 fully saturated rings. The first-order valence-electron chi connectivity index (χ1n) is 9.36. The van der Waals surface area contributed by atoms with Crippen molar-refractivity contribution in [1.29, 1.82) is 0 Å². The van der Waals surface area contributed by atoms with Crippen LogP contribution in [-0.2, 0) is 0 Å². The number of carbonyl (C=O) groups excluding carboxylic acids is 1. The molecule has 1 atom stereocenters. The summed E-state index contributed by atoms with van der Waals surface area (Å²) in [6.07, 6.45) is 2.52. The number of benzene rings is 2. The SMILES string of the molecule is COc1ccc(C(=O)N[C@@H](C)c2ccc(N3CCC(C)CC3)cc2)cc1. The molecule has 2 aromatic carbocycles. The number of piperidine rings is 1. The Hall–Kier alpha value is -2.49. The number of ether oxygens (including phenoxy) is 1. The summed E-state index contributed by atoms with van der Waals surface area (Å²) in [7, 11) is 1.62. The molecule has 0 aromatic heterocycles. The maximum atomic E-state index is 12.4. The maximum Gasteiger partial charge on any atom is 0.251 e. The van der Waals surface area contributed by atoms with Crippen molar-refractivity contribution < 1.29 is 9.53 Å². The van der Waals surface area contributed by atoms with Crippen molar-refractivity contribution in [2.24, 2.45) is 5.92 Å². The first-order chi connectivity index (χ1) is 12.6. The van der Waals surface area contributed by atoms with Gasteiger partial charge in [-0.2, -0.15) is 0 Å². The van der Waals surface area contributed by atoms with E-state index in [4.69, 9.17) is 4.74 Å². The van der Waals surface area contributed by atoms with E-state index in [0.717, 1.165) is 30.3 Å². The first-order valence-corrected chi connectivity index (χ1v) is 9.36. The predicted molar refractivity (Wildman–Crippen MR) is 106 cm³/mol. The van der Waals surface area contributed by atoms with E-state index in [1.165, 1.54) is 18.5 Å². The highest BCUT2D eigenvalue weighted by Crippen LogP contribution is 2.24. The fourth-order valence-corrected chi connectivity index (χ4v) is 3.35. The summed E-state index contributed by atoms with van der Waals surface area (Å²) in [6, 6.07) is 15.7. The molecule has 0 spiro atoms. The van der Waals surface area contributed by atoms with E-state index < -0.39 is 0 Å². The minimum Gasteiger partial charge on any atom is -0.497 e. The van der Waals surface area contributed by atoms with E-state index in [2.05, 4.69) is 41.4 Å². The zero-order chi connectivity index (χ0) is 18.5. The Bertz CT molecular complexity index is 717. The second-order valence-electron chi connectivity index (χ2n) is 7.18. The molecule has 0 unspecified atom stereocenters. The minimum atomic E-state index is -0.0748. The Balaban J connectivity index is 1.60. The van der Waals surface area contributed by atoms with Gasteiger partial charge in [0.1, 0.15) is 5.75 Å². The molecule has 4 nitrogen and oxygen atoms in total. The van der Waals surface area contributed by atoms with Gasteiger partial charge >= 0.3 is 0 Å². The predicted octanol–water partition coefficient (Wildman–Crippen LogP) is 4.42. The molecule has 0 aliphatic carbocycles. The van der Waals surface area contributed by atoms with Crippen molar-refractivity contribution in [3.8, 4) is 5.75 Å². The van der Waals surface area contributed by atoms with Crippen LogP contribution in [0, 0.1) is 5.92 Å². The number of anilines is 1. The second-order valence-corrected chi connectivity index (χ2v) is 7.18. The van der Waals surface area contributed by atoms with Crippen LogP contribution in [-0.4, -0.2) is 26.1 Å². The van der Waals surface area contributed by atoms with Crippen LogP contribution >= 0.6 is 0 Å². The van der Waals surface area contributed by atoms with Gasteiger partial charge in [-0.05, 0) is 67.6 Å².